The van der Waals surface area contributed by atoms with Crippen molar-refractivity contribution < 1.29 is 19.1 Å². The van der Waals surface area contributed by atoms with Gasteiger partial charge in [0.15, 0.2) is 0 Å². The molecule has 1 atom stereocenters. The van der Waals surface area contributed by atoms with Crippen LogP contribution in [0.25, 0.3) is 0 Å². The molecule has 18 heavy (non-hydrogen) atoms. The zero-order valence-corrected chi connectivity index (χ0v) is 9.94. The lowest BCUT2D eigenvalue weighted by Crippen LogP contribution is -2.38. The van der Waals surface area contributed by atoms with Gasteiger partial charge in [-0.1, -0.05) is 19.1 Å². The molecule has 0 radical (unpaired) electrons. The number of rotatable bonds is 5. The second-order valence-electron chi connectivity index (χ2n) is 3.93. The van der Waals surface area contributed by atoms with Gasteiger partial charge in [-0.2, -0.15) is 0 Å². The van der Waals surface area contributed by atoms with Gasteiger partial charge in [-0.25, -0.2) is 9.18 Å². The maximum atomic E-state index is 12.6. The average molecular weight is 254 g/mol. The number of hydrogen-bond donors (Lipinski definition) is 3. The Morgan fingerprint density at radius 3 is 2.44 bits per heavy atom. The molecule has 98 valence electrons. The summed E-state index contributed by atoms with van der Waals surface area (Å²) in [7, 11) is 0. The molecule has 5 nitrogen and oxygen atoms in total. The number of aliphatic carboxylic acids is 1. The van der Waals surface area contributed by atoms with Crippen molar-refractivity contribution in [3.8, 4) is 0 Å². The summed E-state index contributed by atoms with van der Waals surface area (Å²) in [5.41, 5.74) is 0.762. The fraction of sp³-hybridized carbons (Fsp3) is 0.333. The van der Waals surface area contributed by atoms with Gasteiger partial charge in [-0.05, 0) is 17.7 Å². The Labute approximate surface area is 104 Å². The maximum absolute atomic E-state index is 12.6. The van der Waals surface area contributed by atoms with Gasteiger partial charge in [0.2, 0.25) is 0 Å². The van der Waals surface area contributed by atoms with E-state index in [0.717, 1.165) is 5.56 Å². The van der Waals surface area contributed by atoms with Crippen molar-refractivity contribution in [3.63, 3.8) is 0 Å². The summed E-state index contributed by atoms with van der Waals surface area (Å²) in [5.74, 6) is -1.94. The standard InChI is InChI=1S/C12H15FN2O3/c1-8(11(16)17)6-14-12(18)15-7-9-2-4-10(13)5-3-9/h2-5,8H,6-7H2,1H3,(H,16,17)(H2,14,15,18). The van der Waals surface area contributed by atoms with E-state index in [1.807, 2.05) is 0 Å². The highest BCUT2D eigenvalue weighted by atomic mass is 19.1. The predicted molar refractivity (Wildman–Crippen MR) is 63.4 cm³/mol. The van der Waals surface area contributed by atoms with Crippen molar-refractivity contribution in [2.75, 3.05) is 6.54 Å². The monoisotopic (exact) mass is 254 g/mol. The number of carboxylic acid groups (broad SMARTS) is 1. The molecule has 0 aliphatic heterocycles. The summed E-state index contributed by atoms with van der Waals surface area (Å²) in [4.78, 5) is 21.8. The summed E-state index contributed by atoms with van der Waals surface area (Å²) >= 11 is 0. The molecule has 0 saturated carbocycles. The molecule has 0 saturated heterocycles. The van der Waals surface area contributed by atoms with Crippen molar-refractivity contribution in [1.82, 2.24) is 10.6 Å². The Bertz CT molecular complexity index is 420. The largest absolute Gasteiger partial charge is 0.481 e. The number of halogens is 1. The highest BCUT2D eigenvalue weighted by Crippen LogP contribution is 2.01. The van der Waals surface area contributed by atoms with E-state index in [2.05, 4.69) is 10.6 Å². The van der Waals surface area contributed by atoms with Crippen LogP contribution in [-0.2, 0) is 11.3 Å². The molecule has 0 aliphatic rings. The number of amides is 2. The number of carboxylic acids is 1. The van der Waals surface area contributed by atoms with Gasteiger partial charge in [0, 0.05) is 13.1 Å². The van der Waals surface area contributed by atoms with Gasteiger partial charge in [0.25, 0.3) is 0 Å². The number of nitrogens with one attached hydrogen (secondary N) is 2. The molecule has 0 fully saturated rings. The quantitative estimate of drug-likeness (QED) is 0.742. The average Bonchev–Trinajstić information content (AvgIpc) is 2.35. The molecule has 0 heterocycles. The molecule has 0 bridgehead atoms. The Balaban J connectivity index is 2.29. The molecule has 1 aromatic carbocycles. The molecular weight excluding hydrogens is 239 g/mol. The highest BCUT2D eigenvalue weighted by molar-refractivity contribution is 5.75. The predicted octanol–water partition coefficient (Wildman–Crippen LogP) is 1.35. The van der Waals surface area contributed by atoms with Crippen molar-refractivity contribution in [3.05, 3.63) is 35.6 Å². The molecule has 2 amide bonds. The first-order valence-electron chi connectivity index (χ1n) is 5.48. The van der Waals surface area contributed by atoms with E-state index in [1.54, 1.807) is 12.1 Å². The van der Waals surface area contributed by atoms with E-state index in [1.165, 1.54) is 19.1 Å². The molecule has 1 rings (SSSR count). The molecular formula is C12H15FN2O3. The third-order valence-corrected chi connectivity index (χ3v) is 2.36. The van der Waals surface area contributed by atoms with Gasteiger partial charge < -0.3 is 15.7 Å². The summed E-state index contributed by atoms with van der Waals surface area (Å²) in [5, 5.41) is 13.6. The number of benzene rings is 1. The number of hydrogen-bond acceptors (Lipinski definition) is 2. The number of urea groups is 1. The van der Waals surface area contributed by atoms with Crippen LogP contribution in [0.1, 0.15) is 12.5 Å². The summed E-state index contributed by atoms with van der Waals surface area (Å²) in [6, 6.07) is 5.29. The second-order valence-corrected chi connectivity index (χ2v) is 3.93. The molecule has 0 aromatic heterocycles. The Hall–Kier alpha value is -2.11. The third-order valence-electron chi connectivity index (χ3n) is 2.36. The van der Waals surface area contributed by atoms with E-state index < -0.39 is 17.9 Å². The van der Waals surface area contributed by atoms with Gasteiger partial charge in [-0.15, -0.1) is 0 Å². The molecule has 0 aliphatic carbocycles. The molecule has 3 N–H and O–H groups in total. The van der Waals surface area contributed by atoms with Gasteiger partial charge >= 0.3 is 12.0 Å². The zero-order valence-electron chi connectivity index (χ0n) is 9.94. The van der Waals surface area contributed by atoms with Crippen LogP contribution in [0.15, 0.2) is 24.3 Å². The third kappa shape index (κ3) is 4.82. The summed E-state index contributed by atoms with van der Waals surface area (Å²) in [6.07, 6.45) is 0. The first kappa shape index (κ1) is 14.0. The summed E-state index contributed by atoms with van der Waals surface area (Å²) in [6.45, 7) is 1.82. The lowest BCUT2D eigenvalue weighted by molar-refractivity contribution is -0.140. The molecule has 1 unspecified atom stereocenters. The van der Waals surface area contributed by atoms with E-state index in [9.17, 15) is 14.0 Å². The zero-order chi connectivity index (χ0) is 13.5. The van der Waals surface area contributed by atoms with E-state index in [0.29, 0.717) is 0 Å². The first-order valence-corrected chi connectivity index (χ1v) is 5.48. The van der Waals surface area contributed by atoms with Crippen LogP contribution in [0.2, 0.25) is 0 Å². The molecule has 6 heteroatoms. The van der Waals surface area contributed by atoms with Gasteiger partial charge in [0.05, 0.1) is 5.92 Å². The van der Waals surface area contributed by atoms with E-state index >= 15 is 0 Å². The highest BCUT2D eigenvalue weighted by Gasteiger charge is 2.11. The SMILES string of the molecule is CC(CNC(=O)NCc1ccc(F)cc1)C(=O)O. The van der Waals surface area contributed by atoms with Crippen LogP contribution >= 0.6 is 0 Å². The molecule has 1 aromatic rings. The van der Waals surface area contributed by atoms with Gasteiger partial charge in [0.1, 0.15) is 5.82 Å². The second kappa shape index (κ2) is 6.58. The lowest BCUT2D eigenvalue weighted by atomic mass is 10.2. The topological polar surface area (TPSA) is 78.4 Å². The maximum Gasteiger partial charge on any atom is 0.315 e. The van der Waals surface area contributed by atoms with Crippen LogP contribution in [0.4, 0.5) is 9.18 Å². The summed E-state index contributed by atoms with van der Waals surface area (Å²) < 4.78 is 12.6. The van der Waals surface area contributed by atoms with Crippen molar-refractivity contribution >= 4 is 12.0 Å². The Morgan fingerprint density at radius 1 is 1.28 bits per heavy atom. The van der Waals surface area contributed by atoms with Crippen LogP contribution in [-0.4, -0.2) is 23.7 Å². The van der Waals surface area contributed by atoms with Crippen LogP contribution in [0, 0.1) is 11.7 Å². The lowest BCUT2D eigenvalue weighted by Gasteiger charge is -2.09. The Morgan fingerprint density at radius 2 is 1.89 bits per heavy atom. The van der Waals surface area contributed by atoms with E-state index in [-0.39, 0.29) is 18.9 Å². The fourth-order valence-electron chi connectivity index (χ4n) is 1.18. The van der Waals surface area contributed by atoms with Crippen LogP contribution in [0.5, 0.6) is 0 Å². The van der Waals surface area contributed by atoms with Crippen molar-refractivity contribution in [2.24, 2.45) is 5.92 Å². The van der Waals surface area contributed by atoms with Crippen molar-refractivity contribution in [2.45, 2.75) is 13.5 Å². The van der Waals surface area contributed by atoms with Crippen molar-refractivity contribution in [1.29, 1.82) is 0 Å². The minimum atomic E-state index is -0.964. The fourth-order valence-corrected chi connectivity index (χ4v) is 1.18. The Kier molecular flexibility index (Phi) is 5.10. The minimum Gasteiger partial charge on any atom is -0.481 e. The van der Waals surface area contributed by atoms with E-state index in [4.69, 9.17) is 5.11 Å². The van der Waals surface area contributed by atoms with Crippen LogP contribution in [0.3, 0.4) is 0 Å². The smallest absolute Gasteiger partial charge is 0.315 e. The number of carbonyl (C=O) groups excluding carboxylic acids is 1. The van der Waals surface area contributed by atoms with Gasteiger partial charge in [-0.3, -0.25) is 4.79 Å². The minimum absolute atomic E-state index is 0.0601. The normalized spacial score (nSPS) is 11.7. The molecule has 0 spiro atoms. The van der Waals surface area contributed by atoms with Crippen LogP contribution < -0.4 is 10.6 Å². The number of carbonyl (C=O) groups is 2. The first-order chi connectivity index (χ1) is 8.49.